The summed E-state index contributed by atoms with van der Waals surface area (Å²) in [7, 11) is 0. The molecule has 0 aromatic heterocycles. The first kappa shape index (κ1) is 23.1. The van der Waals surface area contributed by atoms with Crippen molar-refractivity contribution in [3.63, 3.8) is 0 Å². The first-order chi connectivity index (χ1) is 8.66. The van der Waals surface area contributed by atoms with Crippen LogP contribution in [0.3, 0.4) is 0 Å². The molecule has 0 bridgehead atoms. The molecule has 4 N–H and O–H groups in total. The number of carbonyl (C=O) groups excluding carboxylic acids is 1. The number of rotatable bonds is 2. The number of aliphatic carboxylic acids is 2. The second kappa shape index (κ2) is 9.86. The van der Waals surface area contributed by atoms with Crippen molar-refractivity contribution in [1.82, 2.24) is 0 Å². The van der Waals surface area contributed by atoms with Gasteiger partial charge in [-0.05, 0) is 6.42 Å². The number of halogens is 6. The molecule has 0 atom stereocenters. The van der Waals surface area contributed by atoms with E-state index in [2.05, 4.69) is 0 Å². The van der Waals surface area contributed by atoms with Crippen LogP contribution in [0.15, 0.2) is 0 Å². The van der Waals surface area contributed by atoms with Gasteiger partial charge in [-0.25, -0.2) is 9.59 Å². The molecule has 0 aromatic carbocycles. The molecule has 0 saturated heterocycles. The van der Waals surface area contributed by atoms with Gasteiger partial charge in [0.05, 0.1) is 0 Å². The number of hydrogen-bond donors (Lipinski definition) is 3. The lowest BCUT2D eigenvalue weighted by Crippen LogP contribution is -2.21. The molecule has 20 heavy (non-hydrogen) atoms. The van der Waals surface area contributed by atoms with Gasteiger partial charge in [0, 0.05) is 6.42 Å². The van der Waals surface area contributed by atoms with Gasteiger partial charge >= 0.3 is 24.3 Å². The number of carboxylic acid groups (broad SMARTS) is 2. The summed E-state index contributed by atoms with van der Waals surface area (Å²) in [4.78, 5) is 27.6. The van der Waals surface area contributed by atoms with Crippen molar-refractivity contribution in [3.05, 3.63) is 0 Å². The third kappa shape index (κ3) is 21.3. The van der Waals surface area contributed by atoms with Gasteiger partial charge in [0.15, 0.2) is 0 Å². The fourth-order valence-corrected chi connectivity index (χ4v) is 0.246. The van der Waals surface area contributed by atoms with E-state index in [0.29, 0.717) is 6.42 Å². The van der Waals surface area contributed by atoms with E-state index in [0.717, 1.165) is 6.42 Å². The summed E-state index contributed by atoms with van der Waals surface area (Å²) in [5.41, 5.74) is 4.76. The standard InChI is InChI=1S/C4H9NO.2C2HF3O2/c1-2-3-4(5)6;2*3-2(4,5)1(6)7/h2-3H2,1H3,(H2,5,6);2*(H,6,7). The summed E-state index contributed by atoms with van der Waals surface area (Å²) >= 11 is 0. The Labute approximate surface area is 108 Å². The zero-order valence-corrected chi connectivity index (χ0v) is 9.88. The average Bonchev–Trinajstić information content (AvgIpc) is 2.15. The average molecular weight is 315 g/mol. The Hall–Kier alpha value is -2.01. The Morgan fingerprint density at radius 2 is 1.10 bits per heavy atom. The molecule has 0 aliphatic heterocycles. The van der Waals surface area contributed by atoms with Gasteiger partial charge in [-0.3, -0.25) is 4.79 Å². The Bertz CT molecular complexity index is 300. The summed E-state index contributed by atoms with van der Waals surface area (Å²) in [6.07, 6.45) is -8.80. The highest BCUT2D eigenvalue weighted by Crippen LogP contribution is 2.13. The number of nitrogens with two attached hydrogens (primary N) is 1. The molecule has 120 valence electrons. The van der Waals surface area contributed by atoms with E-state index in [4.69, 9.17) is 25.5 Å². The lowest BCUT2D eigenvalue weighted by molar-refractivity contribution is -0.193. The molecular formula is C8H11F6NO5. The molecule has 0 spiro atoms. The second-order valence-electron chi connectivity index (χ2n) is 2.82. The SMILES string of the molecule is CCCC(N)=O.O=C(O)C(F)(F)F.O=C(O)C(F)(F)F. The summed E-state index contributed by atoms with van der Waals surface area (Å²) < 4.78 is 63.5. The first-order valence-corrected chi connectivity index (χ1v) is 4.54. The molecule has 1 amide bonds. The maximum Gasteiger partial charge on any atom is 0.490 e. The molecular weight excluding hydrogens is 304 g/mol. The normalized spacial score (nSPS) is 10.3. The van der Waals surface area contributed by atoms with Crippen molar-refractivity contribution in [2.45, 2.75) is 32.1 Å². The highest BCUT2D eigenvalue weighted by Gasteiger charge is 2.38. The molecule has 0 saturated carbocycles. The van der Waals surface area contributed by atoms with Crippen LogP contribution < -0.4 is 5.73 Å². The van der Waals surface area contributed by atoms with Gasteiger partial charge in [-0.1, -0.05) is 6.92 Å². The van der Waals surface area contributed by atoms with Crippen LogP contribution in [-0.4, -0.2) is 40.4 Å². The Morgan fingerprint density at radius 3 is 1.10 bits per heavy atom. The quantitative estimate of drug-likeness (QED) is 0.668. The minimum Gasteiger partial charge on any atom is -0.475 e. The Balaban J connectivity index is -0.000000218. The fourth-order valence-electron chi connectivity index (χ4n) is 0.246. The van der Waals surface area contributed by atoms with E-state index >= 15 is 0 Å². The molecule has 0 aliphatic carbocycles. The van der Waals surface area contributed by atoms with E-state index in [1.807, 2.05) is 6.92 Å². The van der Waals surface area contributed by atoms with Gasteiger partial charge < -0.3 is 15.9 Å². The number of hydrogen-bond acceptors (Lipinski definition) is 3. The highest BCUT2D eigenvalue weighted by molar-refractivity contribution is 5.73. The topological polar surface area (TPSA) is 118 Å². The minimum atomic E-state index is -5.08. The third-order valence-electron chi connectivity index (χ3n) is 0.981. The number of amides is 1. The van der Waals surface area contributed by atoms with Crippen LogP contribution in [0.2, 0.25) is 0 Å². The van der Waals surface area contributed by atoms with Crippen molar-refractivity contribution >= 4 is 17.8 Å². The van der Waals surface area contributed by atoms with Crippen LogP contribution in [0.4, 0.5) is 26.3 Å². The van der Waals surface area contributed by atoms with Crippen molar-refractivity contribution < 1.29 is 50.9 Å². The predicted molar refractivity (Wildman–Crippen MR) is 51.5 cm³/mol. The van der Waals surface area contributed by atoms with E-state index < -0.39 is 24.3 Å². The molecule has 0 aromatic rings. The minimum absolute atomic E-state index is 0.211. The number of carbonyl (C=O) groups is 3. The summed E-state index contributed by atoms with van der Waals surface area (Å²) in [6, 6.07) is 0. The third-order valence-corrected chi connectivity index (χ3v) is 0.981. The molecule has 6 nitrogen and oxygen atoms in total. The van der Waals surface area contributed by atoms with Crippen molar-refractivity contribution in [2.24, 2.45) is 5.73 Å². The predicted octanol–water partition coefficient (Wildman–Crippen LogP) is 1.54. The summed E-state index contributed by atoms with van der Waals surface area (Å²) in [5, 5.41) is 14.2. The number of carboxylic acids is 2. The highest BCUT2D eigenvalue weighted by atomic mass is 19.4. The van der Waals surface area contributed by atoms with Crippen LogP contribution in [0.1, 0.15) is 19.8 Å². The maximum absolute atomic E-state index is 10.6. The zero-order valence-electron chi connectivity index (χ0n) is 9.88. The first-order valence-electron chi connectivity index (χ1n) is 4.54. The van der Waals surface area contributed by atoms with Crippen LogP contribution in [0.5, 0.6) is 0 Å². The van der Waals surface area contributed by atoms with Gasteiger partial charge in [-0.15, -0.1) is 0 Å². The number of primary amides is 1. The Kier molecular flexibility index (Phi) is 11.4. The smallest absolute Gasteiger partial charge is 0.475 e. The van der Waals surface area contributed by atoms with E-state index in [-0.39, 0.29) is 5.91 Å². The van der Waals surface area contributed by atoms with Gasteiger partial charge in [0.2, 0.25) is 5.91 Å². The van der Waals surface area contributed by atoms with Crippen LogP contribution in [0, 0.1) is 0 Å². The summed E-state index contributed by atoms with van der Waals surface area (Å²) in [5.74, 6) is -5.72. The second-order valence-corrected chi connectivity index (χ2v) is 2.82. The lowest BCUT2D eigenvalue weighted by atomic mass is 10.3. The molecule has 0 fully saturated rings. The molecule has 0 unspecified atom stereocenters. The van der Waals surface area contributed by atoms with Crippen molar-refractivity contribution in [1.29, 1.82) is 0 Å². The van der Waals surface area contributed by atoms with Crippen LogP contribution in [-0.2, 0) is 14.4 Å². The van der Waals surface area contributed by atoms with Gasteiger partial charge in [0.1, 0.15) is 0 Å². The molecule has 0 heterocycles. The number of alkyl halides is 6. The lowest BCUT2D eigenvalue weighted by Gasteiger charge is -1.93. The van der Waals surface area contributed by atoms with Crippen LogP contribution in [0.25, 0.3) is 0 Å². The Morgan fingerprint density at radius 1 is 0.900 bits per heavy atom. The van der Waals surface area contributed by atoms with E-state index in [1.54, 1.807) is 0 Å². The van der Waals surface area contributed by atoms with E-state index in [1.165, 1.54) is 0 Å². The summed E-state index contributed by atoms with van der Waals surface area (Å²) in [6.45, 7) is 1.92. The zero-order chi connectivity index (χ0) is 17.1. The van der Waals surface area contributed by atoms with Crippen LogP contribution >= 0.6 is 0 Å². The van der Waals surface area contributed by atoms with Gasteiger partial charge in [0.25, 0.3) is 0 Å². The van der Waals surface area contributed by atoms with Gasteiger partial charge in [-0.2, -0.15) is 26.3 Å². The maximum atomic E-state index is 10.6. The van der Waals surface area contributed by atoms with Crippen molar-refractivity contribution in [3.8, 4) is 0 Å². The molecule has 0 radical (unpaired) electrons. The molecule has 12 heteroatoms. The largest absolute Gasteiger partial charge is 0.490 e. The van der Waals surface area contributed by atoms with Crippen molar-refractivity contribution in [2.75, 3.05) is 0 Å². The monoisotopic (exact) mass is 315 g/mol. The van der Waals surface area contributed by atoms with E-state index in [9.17, 15) is 31.1 Å². The molecule has 0 rings (SSSR count). The molecule has 0 aliphatic rings. The fraction of sp³-hybridized carbons (Fsp3) is 0.625.